The molecule has 4 nitrogen and oxygen atoms in total. The van der Waals surface area contributed by atoms with Gasteiger partial charge in [0.1, 0.15) is 11.9 Å². The molecule has 1 unspecified atom stereocenters. The molecule has 1 aromatic carbocycles. The van der Waals surface area contributed by atoms with Gasteiger partial charge in [0.25, 0.3) is 0 Å². The summed E-state index contributed by atoms with van der Waals surface area (Å²) in [5, 5.41) is 4.66. The van der Waals surface area contributed by atoms with Crippen LogP contribution in [-0.2, 0) is 6.54 Å². The largest absolute Gasteiger partial charge is 0.334 e. The molecule has 0 amide bonds. The third kappa shape index (κ3) is 2.67. The van der Waals surface area contributed by atoms with Crippen LogP contribution in [0.15, 0.2) is 48.8 Å². The van der Waals surface area contributed by atoms with E-state index in [2.05, 4.69) is 46.9 Å². The van der Waals surface area contributed by atoms with Crippen LogP contribution in [0.2, 0.25) is 0 Å². The number of rotatable bonds is 5. The summed E-state index contributed by atoms with van der Waals surface area (Å²) in [6.45, 7) is 6.01. The first-order valence-corrected chi connectivity index (χ1v) is 7.43. The summed E-state index contributed by atoms with van der Waals surface area (Å²) in [4.78, 5) is 9.33. The highest BCUT2D eigenvalue weighted by Gasteiger charge is 2.19. The van der Waals surface area contributed by atoms with Crippen molar-refractivity contribution in [3.63, 3.8) is 0 Å². The lowest BCUT2D eigenvalue weighted by Gasteiger charge is -2.18. The van der Waals surface area contributed by atoms with Crippen molar-refractivity contribution in [1.29, 1.82) is 0 Å². The van der Waals surface area contributed by atoms with Crippen molar-refractivity contribution < 1.29 is 0 Å². The van der Waals surface area contributed by atoms with Crippen molar-refractivity contribution in [2.75, 3.05) is 6.54 Å². The van der Waals surface area contributed by atoms with Crippen LogP contribution in [0.4, 0.5) is 0 Å². The summed E-state index contributed by atoms with van der Waals surface area (Å²) >= 11 is 0. The summed E-state index contributed by atoms with van der Waals surface area (Å²) in [6.07, 6.45) is 3.87. The van der Waals surface area contributed by atoms with Gasteiger partial charge in [0.05, 0.1) is 11.2 Å². The van der Waals surface area contributed by atoms with Crippen LogP contribution in [0.3, 0.4) is 0 Å². The van der Waals surface area contributed by atoms with E-state index in [0.29, 0.717) is 0 Å². The summed E-state index contributed by atoms with van der Waals surface area (Å²) < 4.78 is 2.16. The maximum absolute atomic E-state index is 4.81. The fraction of sp³-hybridized carbons (Fsp3) is 0.294. The van der Waals surface area contributed by atoms with Gasteiger partial charge in [-0.2, -0.15) is 0 Å². The number of hydrogen-bond donors (Lipinski definition) is 1. The van der Waals surface area contributed by atoms with E-state index < -0.39 is 0 Å². The molecule has 1 atom stereocenters. The average molecular weight is 280 g/mol. The molecular weight excluding hydrogens is 260 g/mol. The first kappa shape index (κ1) is 13.8. The number of aryl methyl sites for hydroxylation is 1. The first-order chi connectivity index (χ1) is 10.3. The number of hydrogen-bond acceptors (Lipinski definition) is 3. The highest BCUT2D eigenvalue weighted by atomic mass is 15.1. The van der Waals surface area contributed by atoms with E-state index in [9.17, 15) is 0 Å². The lowest BCUT2D eigenvalue weighted by Crippen LogP contribution is -2.26. The molecule has 0 aliphatic heterocycles. The number of nitrogens with one attached hydrogen (secondary N) is 1. The Morgan fingerprint density at radius 2 is 2.00 bits per heavy atom. The molecule has 0 saturated carbocycles. The molecule has 3 rings (SSSR count). The van der Waals surface area contributed by atoms with Gasteiger partial charge in [0.15, 0.2) is 0 Å². The molecule has 2 heterocycles. The van der Waals surface area contributed by atoms with E-state index in [-0.39, 0.29) is 6.04 Å². The normalized spacial score (nSPS) is 12.7. The number of imidazole rings is 1. The average Bonchev–Trinajstić information content (AvgIpc) is 3.00. The second kappa shape index (κ2) is 6.06. The van der Waals surface area contributed by atoms with Crippen molar-refractivity contribution in [3.8, 4) is 0 Å². The second-order valence-electron chi connectivity index (χ2n) is 4.99. The fourth-order valence-electron chi connectivity index (χ4n) is 2.62. The maximum atomic E-state index is 4.81. The van der Waals surface area contributed by atoms with Gasteiger partial charge in [-0.25, -0.2) is 4.98 Å². The Hall–Kier alpha value is -2.20. The predicted octanol–water partition coefficient (Wildman–Crippen LogP) is 3.15. The zero-order valence-electron chi connectivity index (χ0n) is 12.5. The Balaban J connectivity index is 2.06. The van der Waals surface area contributed by atoms with E-state index in [1.54, 1.807) is 0 Å². The quantitative estimate of drug-likeness (QED) is 0.780. The van der Waals surface area contributed by atoms with Crippen LogP contribution < -0.4 is 5.32 Å². The van der Waals surface area contributed by atoms with E-state index >= 15 is 0 Å². The molecular formula is C17H20N4. The van der Waals surface area contributed by atoms with Crippen molar-refractivity contribution in [2.24, 2.45) is 0 Å². The Kier molecular flexibility index (Phi) is 3.97. The molecule has 1 N–H and O–H groups in total. The smallest absolute Gasteiger partial charge is 0.132 e. The highest BCUT2D eigenvalue weighted by molar-refractivity contribution is 5.78. The second-order valence-corrected chi connectivity index (χ2v) is 4.99. The highest BCUT2D eigenvalue weighted by Crippen LogP contribution is 2.22. The molecule has 4 heteroatoms. The number of pyridine rings is 1. The van der Waals surface area contributed by atoms with Crippen molar-refractivity contribution in [1.82, 2.24) is 19.9 Å². The zero-order valence-corrected chi connectivity index (χ0v) is 12.5. The fourth-order valence-corrected chi connectivity index (χ4v) is 2.62. The van der Waals surface area contributed by atoms with Crippen LogP contribution in [0, 0.1) is 0 Å². The standard InChI is InChI=1S/C17H20N4/c1-3-18-16(17-19-11-12-21(17)4-2)15-10-9-13-7-5-6-8-14(13)20-15/h5-12,16,18H,3-4H2,1-2H3. The summed E-state index contributed by atoms with van der Waals surface area (Å²) in [6, 6.07) is 12.4. The van der Waals surface area contributed by atoms with Gasteiger partial charge in [-0.1, -0.05) is 31.2 Å². The predicted molar refractivity (Wildman–Crippen MR) is 85.2 cm³/mol. The molecule has 0 saturated heterocycles. The Labute approximate surface area is 124 Å². The van der Waals surface area contributed by atoms with Crippen molar-refractivity contribution >= 4 is 10.9 Å². The molecule has 21 heavy (non-hydrogen) atoms. The summed E-state index contributed by atoms with van der Waals surface area (Å²) in [7, 11) is 0. The number of aromatic nitrogens is 3. The Morgan fingerprint density at radius 3 is 2.81 bits per heavy atom. The minimum Gasteiger partial charge on any atom is -0.334 e. The number of benzene rings is 1. The van der Waals surface area contributed by atoms with Crippen LogP contribution in [0.25, 0.3) is 10.9 Å². The summed E-state index contributed by atoms with van der Waals surface area (Å²) in [5.74, 6) is 1.02. The van der Waals surface area contributed by atoms with E-state index in [1.165, 1.54) is 0 Å². The molecule has 0 spiro atoms. The first-order valence-electron chi connectivity index (χ1n) is 7.43. The van der Waals surface area contributed by atoms with E-state index in [0.717, 1.165) is 35.5 Å². The molecule has 3 aromatic rings. The summed E-state index contributed by atoms with van der Waals surface area (Å²) in [5.41, 5.74) is 2.03. The number of para-hydroxylation sites is 1. The lowest BCUT2D eigenvalue weighted by molar-refractivity contribution is 0.550. The van der Waals surface area contributed by atoms with Gasteiger partial charge in [-0.15, -0.1) is 0 Å². The van der Waals surface area contributed by atoms with Gasteiger partial charge < -0.3 is 9.88 Å². The Morgan fingerprint density at radius 1 is 1.14 bits per heavy atom. The van der Waals surface area contributed by atoms with Crippen LogP contribution in [0.5, 0.6) is 0 Å². The van der Waals surface area contributed by atoms with Gasteiger partial charge >= 0.3 is 0 Å². The van der Waals surface area contributed by atoms with Crippen LogP contribution >= 0.6 is 0 Å². The monoisotopic (exact) mass is 280 g/mol. The van der Waals surface area contributed by atoms with Gasteiger partial charge in [0, 0.05) is 24.3 Å². The van der Waals surface area contributed by atoms with Crippen molar-refractivity contribution in [3.05, 3.63) is 60.3 Å². The molecule has 0 fully saturated rings. The molecule has 0 aliphatic carbocycles. The minimum absolute atomic E-state index is 0.0227. The van der Waals surface area contributed by atoms with Gasteiger partial charge in [-0.3, -0.25) is 4.98 Å². The van der Waals surface area contributed by atoms with Crippen LogP contribution in [0.1, 0.15) is 31.4 Å². The topological polar surface area (TPSA) is 42.7 Å². The molecule has 2 aromatic heterocycles. The zero-order chi connectivity index (χ0) is 14.7. The lowest BCUT2D eigenvalue weighted by atomic mass is 10.1. The molecule has 0 aliphatic rings. The molecule has 0 bridgehead atoms. The van der Waals surface area contributed by atoms with E-state index in [1.807, 2.05) is 30.6 Å². The third-order valence-corrected chi connectivity index (χ3v) is 3.67. The molecule has 0 radical (unpaired) electrons. The third-order valence-electron chi connectivity index (χ3n) is 3.67. The van der Waals surface area contributed by atoms with Crippen molar-refractivity contribution in [2.45, 2.75) is 26.4 Å². The van der Waals surface area contributed by atoms with E-state index in [4.69, 9.17) is 4.98 Å². The van der Waals surface area contributed by atoms with Gasteiger partial charge in [0.2, 0.25) is 0 Å². The van der Waals surface area contributed by atoms with Crippen LogP contribution in [-0.4, -0.2) is 21.1 Å². The minimum atomic E-state index is 0.0227. The maximum Gasteiger partial charge on any atom is 0.132 e. The Bertz CT molecular complexity index is 732. The number of nitrogens with zero attached hydrogens (tertiary/aromatic N) is 3. The molecule has 108 valence electrons. The number of fused-ring (bicyclic) bond motifs is 1. The SMILES string of the molecule is CCNC(c1ccc2ccccc2n1)c1nccn1CC. The van der Waals surface area contributed by atoms with Gasteiger partial charge in [-0.05, 0) is 25.6 Å².